The Morgan fingerprint density at radius 1 is 1.14 bits per heavy atom. The van der Waals surface area contributed by atoms with Gasteiger partial charge in [0.25, 0.3) is 0 Å². The van der Waals surface area contributed by atoms with Crippen molar-refractivity contribution in [3.63, 3.8) is 0 Å². The van der Waals surface area contributed by atoms with Crippen molar-refractivity contribution < 1.29 is 4.74 Å². The molecular weight excluding hydrogens is 266 g/mol. The van der Waals surface area contributed by atoms with E-state index in [0.29, 0.717) is 19.0 Å². The van der Waals surface area contributed by atoms with Crippen molar-refractivity contribution >= 4 is 5.82 Å². The van der Waals surface area contributed by atoms with Crippen molar-refractivity contribution in [1.29, 1.82) is 0 Å². The van der Waals surface area contributed by atoms with E-state index in [1.165, 1.54) is 0 Å². The Balaban J connectivity index is 2.44. The van der Waals surface area contributed by atoms with Crippen LogP contribution in [0.15, 0.2) is 12.1 Å². The highest BCUT2D eigenvalue weighted by Gasteiger charge is 2.11. The molecule has 1 N–H and O–H groups in total. The van der Waals surface area contributed by atoms with Crippen molar-refractivity contribution in [3.8, 4) is 5.82 Å². The van der Waals surface area contributed by atoms with Crippen LogP contribution in [0.25, 0.3) is 5.82 Å². The van der Waals surface area contributed by atoms with E-state index < -0.39 is 0 Å². The highest BCUT2D eigenvalue weighted by Crippen LogP contribution is 2.15. The number of hydrogen-bond donors (Lipinski definition) is 1. The summed E-state index contributed by atoms with van der Waals surface area (Å²) in [6.07, 6.45) is 1.82. The van der Waals surface area contributed by atoms with Gasteiger partial charge in [-0.1, -0.05) is 13.8 Å². The number of rotatable bonds is 7. The van der Waals surface area contributed by atoms with Gasteiger partial charge in [-0.25, -0.2) is 14.6 Å². The first-order valence-electron chi connectivity index (χ1n) is 7.43. The molecule has 0 amide bonds. The van der Waals surface area contributed by atoms with Crippen LogP contribution >= 0.6 is 0 Å². The lowest BCUT2D eigenvalue weighted by Crippen LogP contribution is -2.10. The average Bonchev–Trinajstić information content (AvgIpc) is 2.96. The van der Waals surface area contributed by atoms with Crippen LogP contribution in [0.1, 0.15) is 38.0 Å². The molecule has 6 heteroatoms. The first kappa shape index (κ1) is 15.4. The average molecular weight is 289 g/mol. The summed E-state index contributed by atoms with van der Waals surface area (Å²) in [6.45, 7) is 7.23. The number of hydrogen-bond acceptors (Lipinski definition) is 5. The summed E-state index contributed by atoms with van der Waals surface area (Å²) in [6, 6.07) is 4.03. The molecule has 0 aliphatic carbocycles. The molecule has 0 fully saturated rings. The van der Waals surface area contributed by atoms with Crippen LogP contribution in [0.3, 0.4) is 0 Å². The second kappa shape index (κ2) is 7.17. The molecule has 114 valence electrons. The van der Waals surface area contributed by atoms with E-state index in [2.05, 4.69) is 40.3 Å². The van der Waals surface area contributed by atoms with Crippen molar-refractivity contribution in [2.24, 2.45) is 0 Å². The first-order valence-corrected chi connectivity index (χ1v) is 7.43. The van der Waals surface area contributed by atoms with Crippen LogP contribution in [0, 0.1) is 0 Å². The molecule has 2 heterocycles. The molecule has 0 spiro atoms. The lowest BCUT2D eigenvalue weighted by molar-refractivity contribution is 0.128. The van der Waals surface area contributed by atoms with Gasteiger partial charge in [0.15, 0.2) is 11.6 Å². The van der Waals surface area contributed by atoms with E-state index in [4.69, 9.17) is 4.74 Å². The molecule has 2 rings (SSSR count). The van der Waals surface area contributed by atoms with Crippen molar-refractivity contribution in [2.45, 2.75) is 40.2 Å². The number of aryl methyl sites for hydroxylation is 2. The molecule has 0 saturated heterocycles. The van der Waals surface area contributed by atoms with Crippen LogP contribution in [0.5, 0.6) is 0 Å². The molecule has 0 aliphatic rings. The third-order valence-electron chi connectivity index (χ3n) is 3.23. The van der Waals surface area contributed by atoms with Crippen molar-refractivity contribution in [2.75, 3.05) is 19.0 Å². The molecule has 0 aromatic carbocycles. The van der Waals surface area contributed by atoms with Gasteiger partial charge in [-0.3, -0.25) is 0 Å². The van der Waals surface area contributed by atoms with Gasteiger partial charge in [-0.2, -0.15) is 5.10 Å². The van der Waals surface area contributed by atoms with Gasteiger partial charge in [-0.15, -0.1) is 0 Å². The Bertz CT molecular complexity index is 594. The Labute approximate surface area is 125 Å². The largest absolute Gasteiger partial charge is 0.374 e. The second-order valence-corrected chi connectivity index (χ2v) is 4.66. The molecule has 21 heavy (non-hydrogen) atoms. The lowest BCUT2D eigenvalue weighted by Gasteiger charge is -2.09. The maximum Gasteiger partial charge on any atom is 0.159 e. The zero-order valence-corrected chi connectivity index (χ0v) is 13.2. The zero-order chi connectivity index (χ0) is 15.2. The molecular formula is C15H23N5O. The molecule has 0 radical (unpaired) electrons. The van der Waals surface area contributed by atoms with E-state index in [9.17, 15) is 0 Å². The number of anilines is 1. The zero-order valence-electron chi connectivity index (χ0n) is 13.2. The van der Waals surface area contributed by atoms with Gasteiger partial charge in [0, 0.05) is 25.4 Å². The molecule has 0 aliphatic heterocycles. The minimum Gasteiger partial charge on any atom is -0.374 e. The SMILES string of the molecule is CCOCc1nc(NC)cc(-n2nc(CC)cc2CC)n1. The summed E-state index contributed by atoms with van der Waals surface area (Å²) in [7, 11) is 1.85. The van der Waals surface area contributed by atoms with E-state index in [1.807, 2.05) is 24.7 Å². The summed E-state index contributed by atoms with van der Waals surface area (Å²) >= 11 is 0. The van der Waals surface area contributed by atoms with Crippen molar-refractivity contribution in [1.82, 2.24) is 19.7 Å². The van der Waals surface area contributed by atoms with Gasteiger partial charge in [0.2, 0.25) is 0 Å². The van der Waals surface area contributed by atoms with Crippen LogP contribution < -0.4 is 5.32 Å². The molecule has 2 aromatic heterocycles. The Hall–Kier alpha value is -1.95. The van der Waals surface area contributed by atoms with Crippen LogP contribution in [-0.4, -0.2) is 33.4 Å². The van der Waals surface area contributed by atoms with Gasteiger partial charge in [-0.05, 0) is 25.8 Å². The third-order valence-corrected chi connectivity index (χ3v) is 3.23. The smallest absolute Gasteiger partial charge is 0.159 e. The summed E-state index contributed by atoms with van der Waals surface area (Å²) < 4.78 is 7.31. The van der Waals surface area contributed by atoms with Crippen molar-refractivity contribution in [3.05, 3.63) is 29.3 Å². The fourth-order valence-corrected chi connectivity index (χ4v) is 2.08. The number of ether oxygens (including phenoxy) is 1. The maximum absolute atomic E-state index is 5.41. The van der Waals surface area contributed by atoms with Crippen LogP contribution in [-0.2, 0) is 24.2 Å². The highest BCUT2D eigenvalue weighted by atomic mass is 16.5. The second-order valence-electron chi connectivity index (χ2n) is 4.66. The minimum atomic E-state index is 0.405. The predicted octanol–water partition coefficient (Wildman–Crippen LogP) is 2.37. The first-order chi connectivity index (χ1) is 10.2. The number of nitrogens with zero attached hydrogens (tertiary/aromatic N) is 4. The summed E-state index contributed by atoms with van der Waals surface area (Å²) in [5.74, 6) is 2.21. The molecule has 0 atom stereocenters. The van der Waals surface area contributed by atoms with Gasteiger partial charge in [0.05, 0.1) is 5.69 Å². The number of nitrogens with one attached hydrogen (secondary N) is 1. The predicted molar refractivity (Wildman–Crippen MR) is 82.8 cm³/mol. The lowest BCUT2D eigenvalue weighted by atomic mass is 10.2. The number of aromatic nitrogens is 4. The Kier molecular flexibility index (Phi) is 5.27. The standard InChI is InChI=1S/C15H23N5O/c1-5-11-8-12(6-2)20(19-11)15-9-13(16-4)17-14(18-15)10-21-7-3/h8-9H,5-7,10H2,1-4H3,(H,16,17,18). The Morgan fingerprint density at radius 2 is 1.95 bits per heavy atom. The maximum atomic E-state index is 5.41. The fraction of sp³-hybridized carbons (Fsp3) is 0.533. The van der Waals surface area contributed by atoms with E-state index in [0.717, 1.165) is 35.9 Å². The minimum absolute atomic E-state index is 0.405. The molecule has 0 bridgehead atoms. The highest BCUT2D eigenvalue weighted by molar-refractivity contribution is 5.41. The quantitative estimate of drug-likeness (QED) is 0.847. The van der Waals surface area contributed by atoms with E-state index in [1.54, 1.807) is 0 Å². The van der Waals surface area contributed by atoms with Gasteiger partial charge in [0.1, 0.15) is 12.4 Å². The van der Waals surface area contributed by atoms with Gasteiger partial charge < -0.3 is 10.1 Å². The van der Waals surface area contributed by atoms with Crippen LogP contribution in [0.2, 0.25) is 0 Å². The summed E-state index contributed by atoms with van der Waals surface area (Å²) in [5, 5.41) is 7.69. The topological polar surface area (TPSA) is 64.9 Å². The third kappa shape index (κ3) is 3.58. The molecule has 0 unspecified atom stereocenters. The van der Waals surface area contributed by atoms with Gasteiger partial charge >= 0.3 is 0 Å². The molecule has 0 saturated carbocycles. The molecule has 6 nitrogen and oxygen atoms in total. The van der Waals surface area contributed by atoms with E-state index >= 15 is 0 Å². The fourth-order valence-electron chi connectivity index (χ4n) is 2.08. The monoisotopic (exact) mass is 289 g/mol. The molecule has 2 aromatic rings. The summed E-state index contributed by atoms with van der Waals surface area (Å²) in [4.78, 5) is 8.98. The normalized spacial score (nSPS) is 10.9. The van der Waals surface area contributed by atoms with E-state index in [-0.39, 0.29) is 0 Å². The summed E-state index contributed by atoms with van der Waals surface area (Å²) in [5.41, 5.74) is 2.22. The Morgan fingerprint density at radius 3 is 2.57 bits per heavy atom. The van der Waals surface area contributed by atoms with Crippen LogP contribution in [0.4, 0.5) is 5.82 Å².